The van der Waals surface area contributed by atoms with Crippen molar-refractivity contribution in [3.8, 4) is 5.75 Å². The van der Waals surface area contributed by atoms with Gasteiger partial charge in [-0.25, -0.2) is 5.01 Å². The number of methoxy groups -OCH3 is 1. The van der Waals surface area contributed by atoms with E-state index in [0.29, 0.717) is 23.9 Å². The summed E-state index contributed by atoms with van der Waals surface area (Å²) in [6.07, 6.45) is 2.07. The van der Waals surface area contributed by atoms with Crippen LogP contribution >= 0.6 is 23.1 Å². The number of hydrogen-bond acceptors (Lipinski definition) is 9. The molecular formula is C31H28N6O4S2. The largest absolute Gasteiger partial charge is 0.497 e. The van der Waals surface area contributed by atoms with Crippen molar-refractivity contribution >= 4 is 40.6 Å². The van der Waals surface area contributed by atoms with Crippen LogP contribution in [0.15, 0.2) is 105 Å². The first-order valence-corrected chi connectivity index (χ1v) is 15.4. The zero-order valence-electron chi connectivity index (χ0n) is 23.3. The third kappa shape index (κ3) is 6.55. The fraction of sp³-hybridized carbons (Fsp3) is 0.194. The van der Waals surface area contributed by atoms with E-state index < -0.39 is 0 Å². The quantitative estimate of drug-likeness (QED) is 0.199. The first kappa shape index (κ1) is 28.4. The van der Waals surface area contributed by atoms with Gasteiger partial charge in [0, 0.05) is 6.42 Å². The van der Waals surface area contributed by atoms with Crippen LogP contribution in [-0.2, 0) is 17.9 Å². The number of furan rings is 1. The predicted molar refractivity (Wildman–Crippen MR) is 164 cm³/mol. The third-order valence-corrected chi connectivity index (χ3v) is 8.80. The molecule has 0 saturated carbocycles. The minimum Gasteiger partial charge on any atom is -0.497 e. The summed E-state index contributed by atoms with van der Waals surface area (Å²) < 4.78 is 12.4. The second kappa shape index (κ2) is 13.1. The minimum atomic E-state index is -0.346. The van der Waals surface area contributed by atoms with E-state index in [1.165, 1.54) is 18.0 Å². The molecule has 4 heterocycles. The highest BCUT2D eigenvalue weighted by atomic mass is 32.2. The number of carbonyl (C=O) groups excluding carboxylic acids is 2. The van der Waals surface area contributed by atoms with Gasteiger partial charge in [0.05, 0.1) is 48.8 Å². The number of nitrogens with one attached hydrogen (secondary N) is 1. The summed E-state index contributed by atoms with van der Waals surface area (Å²) in [5, 5.41) is 20.5. The minimum absolute atomic E-state index is 0.111. The molecule has 0 unspecified atom stereocenters. The van der Waals surface area contributed by atoms with Gasteiger partial charge in [-0.2, -0.15) is 5.10 Å². The lowest BCUT2D eigenvalue weighted by atomic mass is 10.0. The van der Waals surface area contributed by atoms with Gasteiger partial charge in [-0.15, -0.1) is 21.5 Å². The van der Waals surface area contributed by atoms with E-state index in [1.807, 2.05) is 76.7 Å². The number of carbonyl (C=O) groups is 2. The van der Waals surface area contributed by atoms with E-state index in [-0.39, 0.29) is 35.9 Å². The Morgan fingerprint density at radius 1 is 1.05 bits per heavy atom. The molecule has 12 heteroatoms. The van der Waals surface area contributed by atoms with Gasteiger partial charge in [-0.1, -0.05) is 60.3 Å². The van der Waals surface area contributed by atoms with E-state index in [9.17, 15) is 9.59 Å². The molecule has 0 saturated heterocycles. The van der Waals surface area contributed by atoms with Crippen LogP contribution in [-0.4, -0.2) is 50.2 Å². The number of hydrazone groups is 1. The number of amides is 2. The van der Waals surface area contributed by atoms with Gasteiger partial charge in [0.2, 0.25) is 0 Å². The Bertz CT molecular complexity index is 1700. The Morgan fingerprint density at radius 2 is 1.88 bits per heavy atom. The Balaban J connectivity index is 1.21. The molecule has 3 aromatic heterocycles. The average molecular weight is 613 g/mol. The van der Waals surface area contributed by atoms with Gasteiger partial charge in [0.1, 0.15) is 5.75 Å². The molecule has 1 N–H and O–H groups in total. The smallest absolute Gasteiger partial charge is 0.287 e. The molecule has 1 aliphatic heterocycles. The summed E-state index contributed by atoms with van der Waals surface area (Å²) >= 11 is 2.90. The molecule has 5 aromatic rings. The highest BCUT2D eigenvalue weighted by molar-refractivity contribution is 7.99. The summed E-state index contributed by atoms with van der Waals surface area (Å²) in [6, 6.07) is 24.7. The maximum Gasteiger partial charge on any atom is 0.287 e. The zero-order chi connectivity index (χ0) is 29.6. The second-order valence-corrected chi connectivity index (χ2v) is 11.6. The van der Waals surface area contributed by atoms with Gasteiger partial charge >= 0.3 is 0 Å². The molecule has 2 amide bonds. The molecule has 2 aromatic carbocycles. The Kier molecular flexibility index (Phi) is 8.66. The standard InChI is InChI=1S/C31H28N6O4S2/c1-40-23-13-11-22(12-14-23)25-17-24(27-10-6-16-42-27)35-37(25)29(38)20-43-31-34-33-28(18-32-30(39)26-9-5-15-41-26)36(31)19-21-7-3-2-4-8-21/h2-16,25H,17-20H2,1H3,(H,32,39)/t25-/m1/s1. The number of nitrogens with zero attached hydrogens (tertiary/aromatic N) is 5. The monoisotopic (exact) mass is 612 g/mol. The number of aromatic nitrogens is 3. The van der Waals surface area contributed by atoms with Gasteiger partial charge in [0.15, 0.2) is 16.7 Å². The van der Waals surface area contributed by atoms with Gasteiger partial charge in [0.25, 0.3) is 11.8 Å². The van der Waals surface area contributed by atoms with Crippen molar-refractivity contribution in [2.24, 2.45) is 5.10 Å². The zero-order valence-corrected chi connectivity index (χ0v) is 24.9. The number of ether oxygens (including phenoxy) is 1. The molecule has 0 bridgehead atoms. The average Bonchev–Trinajstić information content (AvgIpc) is 3.87. The van der Waals surface area contributed by atoms with E-state index >= 15 is 0 Å². The van der Waals surface area contributed by atoms with Crippen molar-refractivity contribution in [2.75, 3.05) is 12.9 Å². The normalized spacial score (nSPS) is 14.5. The maximum atomic E-state index is 13.7. The lowest BCUT2D eigenvalue weighted by Gasteiger charge is -2.22. The van der Waals surface area contributed by atoms with Crippen LogP contribution in [0.1, 0.15) is 44.8 Å². The van der Waals surface area contributed by atoms with Crippen LogP contribution in [0.4, 0.5) is 0 Å². The maximum absolute atomic E-state index is 13.7. The Hall–Kier alpha value is -4.68. The van der Waals surface area contributed by atoms with Crippen LogP contribution in [0.3, 0.4) is 0 Å². The first-order chi connectivity index (χ1) is 21.1. The number of hydrogen-bond donors (Lipinski definition) is 1. The van der Waals surface area contributed by atoms with Crippen LogP contribution in [0, 0.1) is 0 Å². The fourth-order valence-corrected chi connectivity index (χ4v) is 6.28. The summed E-state index contributed by atoms with van der Waals surface area (Å²) in [7, 11) is 1.63. The number of rotatable bonds is 11. The number of thiophene rings is 1. The van der Waals surface area contributed by atoms with Gasteiger partial charge in [-0.05, 0) is 46.8 Å². The lowest BCUT2D eigenvalue weighted by molar-refractivity contribution is -0.130. The SMILES string of the molecule is COc1ccc([C@H]2CC(c3cccs3)=NN2C(=O)CSc2nnc(CNC(=O)c3ccco3)n2Cc2ccccc2)cc1. The first-order valence-electron chi connectivity index (χ1n) is 13.6. The van der Waals surface area contributed by atoms with E-state index in [2.05, 4.69) is 15.5 Å². The van der Waals surface area contributed by atoms with Crippen LogP contribution < -0.4 is 10.1 Å². The predicted octanol–water partition coefficient (Wildman–Crippen LogP) is 5.39. The summed E-state index contributed by atoms with van der Waals surface area (Å²) in [6.45, 7) is 0.628. The van der Waals surface area contributed by atoms with E-state index in [1.54, 1.807) is 35.6 Å². The molecule has 10 nitrogen and oxygen atoms in total. The Labute approximate surface area is 256 Å². The van der Waals surface area contributed by atoms with Crippen LogP contribution in [0.2, 0.25) is 0 Å². The molecule has 218 valence electrons. The van der Waals surface area contributed by atoms with Crippen molar-refractivity contribution in [3.05, 3.63) is 118 Å². The molecule has 43 heavy (non-hydrogen) atoms. The van der Waals surface area contributed by atoms with Crippen LogP contribution in [0.25, 0.3) is 0 Å². The van der Waals surface area contributed by atoms with Crippen molar-refractivity contribution in [1.29, 1.82) is 0 Å². The number of thioether (sulfide) groups is 1. The molecule has 0 radical (unpaired) electrons. The fourth-order valence-electron chi connectivity index (χ4n) is 4.75. The van der Waals surface area contributed by atoms with Crippen molar-refractivity contribution < 1.29 is 18.7 Å². The van der Waals surface area contributed by atoms with Crippen LogP contribution in [0.5, 0.6) is 5.75 Å². The Morgan fingerprint density at radius 3 is 2.60 bits per heavy atom. The summed E-state index contributed by atoms with van der Waals surface area (Å²) in [5.74, 6) is 1.16. The molecule has 1 atom stereocenters. The molecule has 0 fully saturated rings. The summed E-state index contributed by atoms with van der Waals surface area (Å²) in [5.41, 5.74) is 2.91. The van der Waals surface area contributed by atoms with Gasteiger partial charge < -0.3 is 19.0 Å². The molecular weight excluding hydrogens is 585 g/mol. The van der Waals surface area contributed by atoms with E-state index in [4.69, 9.17) is 14.3 Å². The molecule has 1 aliphatic rings. The second-order valence-electron chi connectivity index (χ2n) is 9.67. The topological polar surface area (TPSA) is 115 Å². The number of benzene rings is 2. The lowest BCUT2D eigenvalue weighted by Crippen LogP contribution is -2.28. The van der Waals surface area contributed by atoms with Gasteiger partial charge in [-0.3, -0.25) is 9.59 Å². The third-order valence-electron chi connectivity index (χ3n) is 6.93. The molecule has 0 aliphatic carbocycles. The van der Waals surface area contributed by atoms with Crippen molar-refractivity contribution in [3.63, 3.8) is 0 Å². The highest BCUT2D eigenvalue weighted by Gasteiger charge is 2.33. The molecule has 6 rings (SSSR count). The van der Waals surface area contributed by atoms with E-state index in [0.717, 1.165) is 27.5 Å². The van der Waals surface area contributed by atoms with Crippen molar-refractivity contribution in [2.45, 2.75) is 30.7 Å². The summed E-state index contributed by atoms with van der Waals surface area (Å²) in [4.78, 5) is 27.2. The molecule has 0 spiro atoms. The highest BCUT2D eigenvalue weighted by Crippen LogP contribution is 2.35. The van der Waals surface area contributed by atoms with Crippen molar-refractivity contribution in [1.82, 2.24) is 25.1 Å².